The van der Waals surface area contributed by atoms with E-state index in [0.717, 1.165) is 49.6 Å². The molecule has 2 atom stereocenters. The molecule has 2 unspecified atom stereocenters. The molecule has 1 N–H and O–H groups in total. The smallest absolute Gasteiger partial charge is 0.336 e. The number of ketones is 1. The zero-order chi connectivity index (χ0) is 18.3. The zero-order valence-electron chi connectivity index (χ0n) is 15.2. The molecular formula is C21H25NO4. The van der Waals surface area contributed by atoms with Gasteiger partial charge in [-0.15, -0.1) is 0 Å². The Morgan fingerprint density at radius 1 is 1.19 bits per heavy atom. The molecule has 0 spiro atoms. The summed E-state index contributed by atoms with van der Waals surface area (Å²) < 4.78 is 5.35. The van der Waals surface area contributed by atoms with Gasteiger partial charge in [0.05, 0.1) is 0 Å². The van der Waals surface area contributed by atoms with Gasteiger partial charge >= 0.3 is 5.63 Å². The van der Waals surface area contributed by atoms with Gasteiger partial charge in [0.25, 0.3) is 0 Å². The van der Waals surface area contributed by atoms with E-state index in [1.54, 1.807) is 19.1 Å². The van der Waals surface area contributed by atoms with Gasteiger partial charge in [-0.3, -0.25) is 9.69 Å². The lowest BCUT2D eigenvalue weighted by Gasteiger charge is -2.33. The average molecular weight is 355 g/mol. The van der Waals surface area contributed by atoms with Crippen LogP contribution in [0.5, 0.6) is 5.75 Å². The highest BCUT2D eigenvalue weighted by Gasteiger charge is 2.36. The number of aromatic hydroxyl groups is 1. The summed E-state index contributed by atoms with van der Waals surface area (Å²) in [5.41, 5.74) is 1.55. The minimum Gasteiger partial charge on any atom is -0.508 e. The van der Waals surface area contributed by atoms with Crippen molar-refractivity contribution in [1.82, 2.24) is 4.90 Å². The van der Waals surface area contributed by atoms with Crippen LogP contribution in [0, 0.1) is 12.8 Å². The summed E-state index contributed by atoms with van der Waals surface area (Å²) in [7, 11) is 0. The molecule has 1 aromatic carbocycles. The van der Waals surface area contributed by atoms with E-state index < -0.39 is 5.63 Å². The lowest BCUT2D eigenvalue weighted by atomic mass is 9.81. The molecule has 2 fully saturated rings. The number of nitrogens with zero attached hydrogens (tertiary/aromatic N) is 1. The van der Waals surface area contributed by atoms with E-state index in [1.165, 1.54) is 0 Å². The van der Waals surface area contributed by atoms with Crippen LogP contribution in [0.4, 0.5) is 0 Å². The third-order valence-electron chi connectivity index (χ3n) is 6.07. The molecule has 26 heavy (non-hydrogen) atoms. The van der Waals surface area contributed by atoms with Gasteiger partial charge in [-0.05, 0) is 56.8 Å². The zero-order valence-corrected chi connectivity index (χ0v) is 15.2. The Labute approximate surface area is 152 Å². The van der Waals surface area contributed by atoms with Crippen LogP contribution in [-0.4, -0.2) is 28.4 Å². The Kier molecular flexibility index (Phi) is 4.57. The van der Waals surface area contributed by atoms with Crippen LogP contribution >= 0.6 is 0 Å². The van der Waals surface area contributed by atoms with Crippen LogP contribution in [0.1, 0.15) is 49.7 Å². The molecule has 1 saturated carbocycles. The minimum absolute atomic E-state index is 0.129. The van der Waals surface area contributed by atoms with Crippen molar-refractivity contribution < 1.29 is 14.3 Å². The summed E-state index contributed by atoms with van der Waals surface area (Å²) in [5, 5.41) is 10.8. The fraction of sp³-hybridized carbons (Fsp3) is 0.524. The minimum atomic E-state index is -0.398. The SMILES string of the molecule is Cc1c(O)ccc2c(CN3CCCC3C3CCCCC3=O)cc(=O)oc12. The molecule has 5 heteroatoms. The first-order chi connectivity index (χ1) is 12.5. The first-order valence-electron chi connectivity index (χ1n) is 9.56. The maximum absolute atomic E-state index is 12.4. The summed E-state index contributed by atoms with van der Waals surface area (Å²) in [6.07, 6.45) is 6.01. The Balaban J connectivity index is 1.67. The van der Waals surface area contributed by atoms with Crippen molar-refractivity contribution in [3.8, 4) is 5.75 Å². The topological polar surface area (TPSA) is 70.8 Å². The molecule has 138 valence electrons. The summed E-state index contributed by atoms with van der Waals surface area (Å²) in [5.74, 6) is 0.680. The van der Waals surface area contributed by atoms with Gasteiger partial charge in [0.15, 0.2) is 0 Å². The van der Waals surface area contributed by atoms with Crippen molar-refractivity contribution >= 4 is 16.8 Å². The molecule has 1 aromatic heterocycles. The molecule has 1 saturated heterocycles. The molecule has 4 rings (SSSR count). The summed E-state index contributed by atoms with van der Waals surface area (Å²) >= 11 is 0. The fourth-order valence-corrected chi connectivity index (χ4v) is 4.69. The molecule has 2 aromatic rings. The molecular weight excluding hydrogens is 330 g/mol. The predicted molar refractivity (Wildman–Crippen MR) is 99.3 cm³/mol. The summed E-state index contributed by atoms with van der Waals surface area (Å²) in [6, 6.07) is 5.29. The molecule has 5 nitrogen and oxygen atoms in total. The standard InChI is InChI=1S/C21H25NO4/c1-13-18(23)9-8-15-14(11-20(25)26-21(13)15)12-22-10-4-6-17(22)16-5-2-3-7-19(16)24/h8-9,11,16-17,23H,2-7,10,12H2,1H3. The summed E-state index contributed by atoms with van der Waals surface area (Å²) in [6.45, 7) is 3.34. The first-order valence-corrected chi connectivity index (χ1v) is 9.56. The molecule has 0 amide bonds. The second kappa shape index (κ2) is 6.88. The Hall–Kier alpha value is -2.14. The van der Waals surface area contributed by atoms with E-state index in [2.05, 4.69) is 4.90 Å². The van der Waals surface area contributed by atoms with E-state index in [4.69, 9.17) is 4.42 Å². The van der Waals surface area contributed by atoms with E-state index in [1.807, 2.05) is 6.07 Å². The highest BCUT2D eigenvalue weighted by Crippen LogP contribution is 2.34. The molecule has 1 aliphatic carbocycles. The third-order valence-corrected chi connectivity index (χ3v) is 6.07. The number of benzene rings is 1. The van der Waals surface area contributed by atoms with E-state index >= 15 is 0 Å². The van der Waals surface area contributed by atoms with Crippen molar-refractivity contribution in [2.45, 2.75) is 58.0 Å². The average Bonchev–Trinajstić information content (AvgIpc) is 3.07. The van der Waals surface area contributed by atoms with Gasteiger partial charge in [-0.1, -0.05) is 6.42 Å². The number of Topliss-reactive ketones (excluding diaryl/α,β-unsaturated/α-hetero) is 1. The van der Waals surface area contributed by atoms with Crippen LogP contribution in [0.25, 0.3) is 11.0 Å². The van der Waals surface area contributed by atoms with Gasteiger partial charge < -0.3 is 9.52 Å². The number of rotatable bonds is 3. The van der Waals surface area contributed by atoms with Crippen LogP contribution in [0.2, 0.25) is 0 Å². The maximum atomic E-state index is 12.4. The maximum Gasteiger partial charge on any atom is 0.336 e. The fourth-order valence-electron chi connectivity index (χ4n) is 4.69. The van der Waals surface area contributed by atoms with Crippen LogP contribution in [0.15, 0.2) is 27.4 Å². The largest absolute Gasteiger partial charge is 0.508 e. The highest BCUT2D eigenvalue weighted by atomic mass is 16.4. The second-order valence-corrected chi connectivity index (χ2v) is 7.68. The predicted octanol–water partition coefficient (Wildman–Crippen LogP) is 3.53. The molecule has 2 heterocycles. The van der Waals surface area contributed by atoms with Crippen LogP contribution in [0.3, 0.4) is 0 Å². The van der Waals surface area contributed by atoms with Crippen molar-refractivity contribution in [1.29, 1.82) is 0 Å². The highest BCUT2D eigenvalue weighted by molar-refractivity contribution is 5.85. The van der Waals surface area contributed by atoms with Crippen molar-refractivity contribution in [2.24, 2.45) is 5.92 Å². The number of hydrogen-bond acceptors (Lipinski definition) is 5. The molecule has 0 bridgehead atoms. The first kappa shape index (κ1) is 17.3. The van der Waals surface area contributed by atoms with Gasteiger partial charge in [0.1, 0.15) is 17.1 Å². The van der Waals surface area contributed by atoms with Crippen molar-refractivity contribution in [3.63, 3.8) is 0 Å². The number of phenolic OH excluding ortho intramolecular Hbond substituents is 1. The lowest BCUT2D eigenvalue weighted by molar-refractivity contribution is -0.126. The number of likely N-dealkylation sites (tertiary alicyclic amines) is 1. The van der Waals surface area contributed by atoms with Gasteiger partial charge in [-0.2, -0.15) is 0 Å². The number of carbonyl (C=O) groups excluding carboxylic acids is 1. The van der Waals surface area contributed by atoms with Crippen molar-refractivity contribution in [3.05, 3.63) is 39.7 Å². The van der Waals surface area contributed by atoms with E-state index in [0.29, 0.717) is 29.9 Å². The van der Waals surface area contributed by atoms with Crippen LogP contribution < -0.4 is 5.63 Å². The number of phenols is 1. The number of carbonyl (C=O) groups is 1. The quantitative estimate of drug-likeness (QED) is 0.853. The summed E-state index contributed by atoms with van der Waals surface area (Å²) in [4.78, 5) is 26.8. The molecule has 1 aliphatic heterocycles. The molecule has 2 aliphatic rings. The lowest BCUT2D eigenvalue weighted by Crippen LogP contribution is -2.40. The van der Waals surface area contributed by atoms with E-state index in [-0.39, 0.29) is 17.7 Å². The van der Waals surface area contributed by atoms with Gasteiger partial charge in [0.2, 0.25) is 0 Å². The Morgan fingerprint density at radius 2 is 2.04 bits per heavy atom. The van der Waals surface area contributed by atoms with Crippen LogP contribution in [-0.2, 0) is 11.3 Å². The number of fused-ring (bicyclic) bond motifs is 1. The number of aryl methyl sites for hydroxylation is 1. The Bertz CT molecular complexity index is 901. The second-order valence-electron chi connectivity index (χ2n) is 7.68. The van der Waals surface area contributed by atoms with Gasteiger partial charge in [0, 0.05) is 41.9 Å². The Morgan fingerprint density at radius 3 is 2.85 bits per heavy atom. The van der Waals surface area contributed by atoms with Gasteiger partial charge in [-0.25, -0.2) is 4.79 Å². The normalized spacial score (nSPS) is 24.4. The van der Waals surface area contributed by atoms with Crippen molar-refractivity contribution in [2.75, 3.05) is 6.54 Å². The monoisotopic (exact) mass is 355 g/mol. The third kappa shape index (κ3) is 3.05. The number of hydrogen-bond donors (Lipinski definition) is 1. The van der Waals surface area contributed by atoms with E-state index in [9.17, 15) is 14.7 Å². The molecule has 0 radical (unpaired) electrons.